The van der Waals surface area contributed by atoms with Crippen molar-refractivity contribution in [3.8, 4) is 0 Å². The number of thioether (sulfide) groups is 1. The molecule has 3 N–H and O–H groups in total. The summed E-state index contributed by atoms with van der Waals surface area (Å²) >= 11 is 1.89. The number of oxime groups is 1. The molecule has 0 aromatic heterocycles. The fourth-order valence-electron chi connectivity index (χ4n) is 1.78. The Bertz CT molecular complexity index is 257. The summed E-state index contributed by atoms with van der Waals surface area (Å²) in [6.45, 7) is 7.40. The topological polar surface area (TPSA) is 61.8 Å². The Labute approximate surface area is 116 Å². The Morgan fingerprint density at radius 1 is 1.44 bits per heavy atom. The van der Waals surface area contributed by atoms with Gasteiger partial charge in [0, 0.05) is 17.2 Å². The van der Waals surface area contributed by atoms with E-state index in [0.717, 1.165) is 25.8 Å². The predicted molar refractivity (Wildman–Crippen MR) is 81.5 cm³/mol. The molecule has 0 radical (unpaired) electrons. The largest absolute Gasteiger partial charge is 0.409 e. The number of unbranched alkanes of at least 4 members (excludes halogenated alkanes) is 1. The van der Waals surface area contributed by atoms with Gasteiger partial charge in [0.15, 0.2) is 0 Å². The molecular formula is C13H29N3OS. The van der Waals surface area contributed by atoms with Crippen molar-refractivity contribution in [3.63, 3.8) is 0 Å². The van der Waals surface area contributed by atoms with Crippen molar-refractivity contribution in [1.29, 1.82) is 0 Å². The van der Waals surface area contributed by atoms with E-state index in [2.05, 4.69) is 30.3 Å². The maximum absolute atomic E-state index is 8.70. The summed E-state index contributed by atoms with van der Waals surface area (Å²) in [6, 6.07) is 0.622. The first kappa shape index (κ1) is 17.6. The minimum atomic E-state index is -0.210. The lowest BCUT2D eigenvalue weighted by Crippen LogP contribution is -2.33. The molecule has 1 unspecified atom stereocenters. The molecule has 0 aliphatic carbocycles. The maximum Gasteiger partial charge on any atom is 0.144 e. The highest BCUT2D eigenvalue weighted by molar-refractivity contribution is 7.98. The normalized spacial score (nSPS) is 15.1. The number of amidine groups is 1. The van der Waals surface area contributed by atoms with Gasteiger partial charge in [0.2, 0.25) is 0 Å². The Morgan fingerprint density at radius 3 is 2.56 bits per heavy atom. The van der Waals surface area contributed by atoms with Crippen molar-refractivity contribution in [2.75, 3.05) is 25.6 Å². The van der Waals surface area contributed by atoms with Crippen molar-refractivity contribution in [2.45, 2.75) is 46.1 Å². The molecular weight excluding hydrogens is 246 g/mol. The molecule has 0 bridgehead atoms. The monoisotopic (exact) mass is 275 g/mol. The van der Waals surface area contributed by atoms with Crippen molar-refractivity contribution >= 4 is 17.6 Å². The molecule has 0 saturated carbocycles. The summed E-state index contributed by atoms with van der Waals surface area (Å²) in [5.41, 5.74) is 5.46. The van der Waals surface area contributed by atoms with Gasteiger partial charge in [0.05, 0.1) is 0 Å². The minimum absolute atomic E-state index is 0.210. The van der Waals surface area contributed by atoms with Gasteiger partial charge in [0.25, 0.3) is 0 Å². The lowest BCUT2D eigenvalue weighted by Gasteiger charge is -2.26. The van der Waals surface area contributed by atoms with Gasteiger partial charge < -0.3 is 15.8 Å². The Balaban J connectivity index is 3.86. The zero-order chi connectivity index (χ0) is 14.2. The van der Waals surface area contributed by atoms with E-state index in [0.29, 0.717) is 11.9 Å². The molecule has 1 atom stereocenters. The molecule has 0 spiro atoms. The zero-order valence-corrected chi connectivity index (χ0v) is 13.3. The van der Waals surface area contributed by atoms with Gasteiger partial charge >= 0.3 is 0 Å². The van der Waals surface area contributed by atoms with Crippen LogP contribution in [0.15, 0.2) is 5.16 Å². The molecule has 0 saturated heterocycles. The van der Waals surface area contributed by atoms with E-state index >= 15 is 0 Å². The summed E-state index contributed by atoms with van der Waals surface area (Å²) in [6.07, 6.45) is 5.34. The molecule has 0 aromatic carbocycles. The summed E-state index contributed by atoms with van der Waals surface area (Å²) in [5.74, 6) is 1.50. The van der Waals surface area contributed by atoms with Crippen LogP contribution in [0.3, 0.4) is 0 Å². The molecule has 0 amide bonds. The second-order valence-electron chi connectivity index (χ2n) is 5.61. The standard InChI is InChI=1S/C13H29N3OS/c1-11(10-18-5)16(4)9-7-6-8-13(2,3)12(14)15-17/h11,17H,6-10H2,1-5H3,(H2,14,15). The summed E-state index contributed by atoms with van der Waals surface area (Å²) < 4.78 is 0. The van der Waals surface area contributed by atoms with E-state index in [1.807, 2.05) is 25.6 Å². The van der Waals surface area contributed by atoms with Crippen molar-refractivity contribution in [3.05, 3.63) is 0 Å². The highest BCUT2D eigenvalue weighted by Gasteiger charge is 2.22. The molecule has 0 rings (SSSR count). The number of hydrogen-bond acceptors (Lipinski definition) is 4. The van der Waals surface area contributed by atoms with Crippen LogP contribution in [-0.4, -0.2) is 47.6 Å². The van der Waals surface area contributed by atoms with Crippen LogP contribution in [-0.2, 0) is 0 Å². The highest BCUT2D eigenvalue weighted by atomic mass is 32.2. The number of nitrogens with two attached hydrogens (primary N) is 1. The smallest absolute Gasteiger partial charge is 0.144 e. The molecule has 108 valence electrons. The number of nitrogens with zero attached hydrogens (tertiary/aromatic N) is 2. The molecule has 0 fully saturated rings. The van der Waals surface area contributed by atoms with Crippen molar-refractivity contribution in [1.82, 2.24) is 4.90 Å². The average Bonchev–Trinajstić information content (AvgIpc) is 2.33. The van der Waals surface area contributed by atoms with Gasteiger partial charge in [-0.15, -0.1) is 0 Å². The van der Waals surface area contributed by atoms with E-state index in [9.17, 15) is 0 Å². The van der Waals surface area contributed by atoms with E-state index in [1.54, 1.807) is 0 Å². The Kier molecular flexibility index (Phi) is 8.44. The summed E-state index contributed by atoms with van der Waals surface area (Å²) in [4.78, 5) is 2.40. The van der Waals surface area contributed by atoms with E-state index in [1.165, 1.54) is 5.75 Å². The maximum atomic E-state index is 8.70. The minimum Gasteiger partial charge on any atom is -0.409 e. The second-order valence-corrected chi connectivity index (χ2v) is 6.52. The molecule has 5 heteroatoms. The zero-order valence-electron chi connectivity index (χ0n) is 12.4. The average molecular weight is 275 g/mol. The number of rotatable bonds is 9. The third-order valence-corrected chi connectivity index (χ3v) is 4.34. The van der Waals surface area contributed by atoms with Crippen LogP contribution in [0.5, 0.6) is 0 Å². The van der Waals surface area contributed by atoms with E-state index < -0.39 is 0 Å². The first-order valence-corrected chi connectivity index (χ1v) is 7.91. The van der Waals surface area contributed by atoms with E-state index in [4.69, 9.17) is 10.9 Å². The van der Waals surface area contributed by atoms with Crippen molar-refractivity contribution in [2.24, 2.45) is 16.3 Å². The van der Waals surface area contributed by atoms with Gasteiger partial charge in [-0.05, 0) is 39.6 Å². The van der Waals surface area contributed by atoms with Crippen LogP contribution in [0.2, 0.25) is 0 Å². The second kappa shape index (κ2) is 8.64. The first-order chi connectivity index (χ1) is 8.35. The quantitative estimate of drug-likeness (QED) is 0.223. The molecule has 0 aromatic rings. The van der Waals surface area contributed by atoms with Gasteiger partial charge in [-0.1, -0.05) is 25.4 Å². The van der Waals surface area contributed by atoms with Crippen LogP contribution in [0, 0.1) is 5.41 Å². The number of hydrogen-bond donors (Lipinski definition) is 2. The fraction of sp³-hybridized carbons (Fsp3) is 0.923. The van der Waals surface area contributed by atoms with Gasteiger partial charge in [-0.3, -0.25) is 0 Å². The van der Waals surface area contributed by atoms with Crippen LogP contribution in [0.25, 0.3) is 0 Å². The molecule has 0 heterocycles. The van der Waals surface area contributed by atoms with Crippen LogP contribution in [0.4, 0.5) is 0 Å². The van der Waals surface area contributed by atoms with Gasteiger partial charge in [-0.25, -0.2) is 0 Å². The lowest BCUT2D eigenvalue weighted by molar-refractivity contribution is 0.265. The fourth-order valence-corrected chi connectivity index (χ4v) is 2.52. The predicted octanol–water partition coefficient (Wildman–Crippen LogP) is 2.61. The highest BCUT2D eigenvalue weighted by Crippen LogP contribution is 2.23. The third kappa shape index (κ3) is 6.50. The molecule has 4 nitrogen and oxygen atoms in total. The first-order valence-electron chi connectivity index (χ1n) is 6.52. The molecule has 0 aliphatic heterocycles. The van der Waals surface area contributed by atoms with Gasteiger partial charge in [-0.2, -0.15) is 11.8 Å². The molecule has 18 heavy (non-hydrogen) atoms. The van der Waals surface area contributed by atoms with Crippen molar-refractivity contribution < 1.29 is 5.21 Å². The van der Waals surface area contributed by atoms with Crippen LogP contribution >= 0.6 is 11.8 Å². The molecule has 0 aliphatic rings. The third-order valence-electron chi connectivity index (χ3n) is 3.52. The van der Waals surface area contributed by atoms with Gasteiger partial charge in [0.1, 0.15) is 5.84 Å². The Hall–Kier alpha value is -0.420. The van der Waals surface area contributed by atoms with E-state index in [-0.39, 0.29) is 5.41 Å². The SMILES string of the molecule is CSCC(C)N(C)CCCCC(C)(C)C(N)=NO. The summed E-state index contributed by atoms with van der Waals surface area (Å²) in [5, 5.41) is 11.8. The van der Waals surface area contributed by atoms with Crippen LogP contribution < -0.4 is 5.73 Å². The summed E-state index contributed by atoms with van der Waals surface area (Å²) in [7, 11) is 2.18. The van der Waals surface area contributed by atoms with Crippen LogP contribution in [0.1, 0.15) is 40.0 Å². The Morgan fingerprint density at radius 2 is 2.06 bits per heavy atom. The lowest BCUT2D eigenvalue weighted by atomic mass is 9.86.